The quantitative estimate of drug-likeness (QED) is 0.674. The summed E-state index contributed by atoms with van der Waals surface area (Å²) in [6.45, 7) is 1.69. The van der Waals surface area contributed by atoms with Gasteiger partial charge in [-0.15, -0.1) is 0 Å². The van der Waals surface area contributed by atoms with E-state index < -0.39 is 0 Å². The van der Waals surface area contributed by atoms with E-state index in [-0.39, 0.29) is 18.2 Å². The molecule has 0 spiro atoms. The first kappa shape index (κ1) is 13.2. The summed E-state index contributed by atoms with van der Waals surface area (Å²) in [5, 5.41) is 5.92. The Kier molecular flexibility index (Phi) is 4.22. The highest BCUT2D eigenvalue weighted by Gasteiger charge is 2.18. The van der Waals surface area contributed by atoms with Crippen LogP contribution in [0.15, 0.2) is 18.2 Å². The standard InChI is InChI=1S/C13H17N3O3/c14-11(17)5-2-6-16-13(18)9-3-1-4-10-12(9)19-8-7-15-10/h1,3-4,15H,2,5-8H2,(H2,14,17)(H,16,18). The van der Waals surface area contributed by atoms with Crippen LogP contribution in [0.2, 0.25) is 0 Å². The third-order valence-corrected chi connectivity index (χ3v) is 2.81. The van der Waals surface area contributed by atoms with E-state index in [1.54, 1.807) is 12.1 Å². The highest BCUT2D eigenvalue weighted by Crippen LogP contribution is 2.30. The summed E-state index contributed by atoms with van der Waals surface area (Å²) in [7, 11) is 0. The predicted octanol–water partition coefficient (Wildman–Crippen LogP) is 0.486. The zero-order valence-electron chi connectivity index (χ0n) is 10.6. The van der Waals surface area contributed by atoms with E-state index in [0.29, 0.717) is 30.9 Å². The Balaban J connectivity index is 1.97. The molecule has 6 heteroatoms. The number of rotatable bonds is 5. The van der Waals surface area contributed by atoms with Crippen molar-refractivity contribution in [3.05, 3.63) is 23.8 Å². The Morgan fingerprint density at radius 2 is 2.26 bits per heavy atom. The molecule has 1 aromatic rings. The number of ether oxygens (including phenoxy) is 1. The summed E-state index contributed by atoms with van der Waals surface area (Å²) in [5.74, 6) is 0.0186. The van der Waals surface area contributed by atoms with E-state index in [1.165, 1.54) is 0 Å². The molecule has 1 aliphatic heterocycles. The number of nitrogens with two attached hydrogens (primary N) is 1. The summed E-state index contributed by atoms with van der Waals surface area (Å²) in [5.41, 5.74) is 6.36. The molecular formula is C13H17N3O3. The summed E-state index contributed by atoms with van der Waals surface area (Å²) in [6.07, 6.45) is 0.806. The van der Waals surface area contributed by atoms with Crippen molar-refractivity contribution in [2.24, 2.45) is 5.73 Å². The topological polar surface area (TPSA) is 93.5 Å². The second-order valence-electron chi connectivity index (χ2n) is 4.28. The lowest BCUT2D eigenvalue weighted by Gasteiger charge is -2.21. The van der Waals surface area contributed by atoms with Gasteiger partial charge < -0.3 is 21.1 Å². The zero-order valence-corrected chi connectivity index (χ0v) is 10.6. The molecule has 6 nitrogen and oxygen atoms in total. The average Bonchev–Trinajstić information content (AvgIpc) is 2.42. The number of fused-ring (bicyclic) bond motifs is 1. The fourth-order valence-electron chi connectivity index (χ4n) is 1.91. The number of carbonyl (C=O) groups excluding carboxylic acids is 2. The van der Waals surface area contributed by atoms with Crippen LogP contribution in [0.1, 0.15) is 23.2 Å². The lowest BCUT2D eigenvalue weighted by Crippen LogP contribution is -2.27. The van der Waals surface area contributed by atoms with Crippen LogP contribution in [-0.2, 0) is 4.79 Å². The lowest BCUT2D eigenvalue weighted by atomic mass is 10.1. The number of carbonyl (C=O) groups is 2. The highest BCUT2D eigenvalue weighted by molar-refractivity contribution is 5.99. The Bertz CT molecular complexity index is 488. The SMILES string of the molecule is NC(=O)CCCNC(=O)c1cccc2c1OCCN2. The molecule has 19 heavy (non-hydrogen) atoms. The summed E-state index contributed by atoms with van der Waals surface area (Å²) in [6, 6.07) is 5.40. The first-order valence-corrected chi connectivity index (χ1v) is 6.24. The Morgan fingerprint density at radius 1 is 1.42 bits per heavy atom. The van der Waals surface area contributed by atoms with Gasteiger partial charge in [0, 0.05) is 19.5 Å². The molecule has 0 saturated heterocycles. The fraction of sp³-hybridized carbons (Fsp3) is 0.385. The molecule has 1 aromatic carbocycles. The number of hydrogen-bond acceptors (Lipinski definition) is 4. The minimum Gasteiger partial charge on any atom is -0.489 e. The Labute approximate surface area is 111 Å². The third kappa shape index (κ3) is 3.37. The van der Waals surface area contributed by atoms with Crippen LogP contribution in [0.4, 0.5) is 5.69 Å². The van der Waals surface area contributed by atoms with Crippen molar-refractivity contribution in [3.8, 4) is 5.75 Å². The van der Waals surface area contributed by atoms with Crippen molar-refractivity contribution in [2.45, 2.75) is 12.8 Å². The molecule has 4 N–H and O–H groups in total. The maximum Gasteiger partial charge on any atom is 0.255 e. The number of primary amides is 1. The molecule has 1 aliphatic rings. The van der Waals surface area contributed by atoms with Gasteiger partial charge in [0.15, 0.2) is 5.75 Å². The van der Waals surface area contributed by atoms with Crippen LogP contribution in [0.3, 0.4) is 0 Å². The number of para-hydroxylation sites is 1. The van der Waals surface area contributed by atoms with Gasteiger partial charge in [-0.1, -0.05) is 6.07 Å². The maximum absolute atomic E-state index is 12.0. The van der Waals surface area contributed by atoms with Crippen LogP contribution >= 0.6 is 0 Å². The van der Waals surface area contributed by atoms with Crippen molar-refractivity contribution in [1.29, 1.82) is 0 Å². The molecule has 0 unspecified atom stereocenters. The molecule has 1 heterocycles. The molecule has 0 aromatic heterocycles. The van der Waals surface area contributed by atoms with E-state index in [4.69, 9.17) is 10.5 Å². The van der Waals surface area contributed by atoms with E-state index >= 15 is 0 Å². The summed E-state index contributed by atoms with van der Waals surface area (Å²) in [4.78, 5) is 22.6. The molecule has 0 aliphatic carbocycles. The third-order valence-electron chi connectivity index (χ3n) is 2.81. The van der Waals surface area contributed by atoms with E-state index in [1.807, 2.05) is 6.07 Å². The Hall–Kier alpha value is -2.24. The van der Waals surface area contributed by atoms with E-state index in [9.17, 15) is 9.59 Å². The summed E-state index contributed by atoms with van der Waals surface area (Å²) < 4.78 is 5.52. The van der Waals surface area contributed by atoms with Gasteiger partial charge in [0.2, 0.25) is 5.91 Å². The second-order valence-corrected chi connectivity index (χ2v) is 4.28. The first-order valence-electron chi connectivity index (χ1n) is 6.24. The number of amides is 2. The maximum atomic E-state index is 12.0. The molecule has 0 fully saturated rings. The van der Waals surface area contributed by atoms with Gasteiger partial charge in [0.25, 0.3) is 5.91 Å². The van der Waals surface area contributed by atoms with Crippen molar-refractivity contribution in [2.75, 3.05) is 25.0 Å². The smallest absolute Gasteiger partial charge is 0.255 e. The van der Waals surface area contributed by atoms with Crippen LogP contribution in [-0.4, -0.2) is 31.5 Å². The second kappa shape index (κ2) is 6.08. The molecule has 0 saturated carbocycles. The van der Waals surface area contributed by atoms with Crippen LogP contribution in [0, 0.1) is 0 Å². The van der Waals surface area contributed by atoms with Crippen molar-refractivity contribution in [3.63, 3.8) is 0 Å². The van der Waals surface area contributed by atoms with Crippen LogP contribution in [0.5, 0.6) is 5.75 Å². The summed E-state index contributed by atoms with van der Waals surface area (Å²) >= 11 is 0. The molecule has 102 valence electrons. The Morgan fingerprint density at radius 3 is 3.05 bits per heavy atom. The van der Waals surface area contributed by atoms with Gasteiger partial charge in [0.05, 0.1) is 11.3 Å². The minimum atomic E-state index is -0.362. The van der Waals surface area contributed by atoms with Gasteiger partial charge in [-0.2, -0.15) is 0 Å². The highest BCUT2D eigenvalue weighted by atomic mass is 16.5. The van der Waals surface area contributed by atoms with Gasteiger partial charge in [0.1, 0.15) is 6.61 Å². The molecule has 0 radical (unpaired) electrons. The van der Waals surface area contributed by atoms with Crippen molar-refractivity contribution in [1.82, 2.24) is 5.32 Å². The molecular weight excluding hydrogens is 246 g/mol. The zero-order chi connectivity index (χ0) is 13.7. The molecule has 0 bridgehead atoms. The van der Waals surface area contributed by atoms with Crippen LogP contribution < -0.4 is 21.1 Å². The van der Waals surface area contributed by atoms with Crippen LogP contribution in [0.25, 0.3) is 0 Å². The van der Waals surface area contributed by atoms with Gasteiger partial charge in [-0.25, -0.2) is 0 Å². The number of nitrogens with one attached hydrogen (secondary N) is 2. The average molecular weight is 263 g/mol. The monoisotopic (exact) mass is 263 g/mol. The van der Waals surface area contributed by atoms with E-state index in [0.717, 1.165) is 12.2 Å². The van der Waals surface area contributed by atoms with E-state index in [2.05, 4.69) is 10.6 Å². The lowest BCUT2D eigenvalue weighted by molar-refractivity contribution is -0.118. The van der Waals surface area contributed by atoms with Crippen molar-refractivity contribution < 1.29 is 14.3 Å². The normalized spacial score (nSPS) is 12.8. The largest absolute Gasteiger partial charge is 0.489 e. The number of benzene rings is 1. The van der Waals surface area contributed by atoms with Crippen molar-refractivity contribution >= 4 is 17.5 Å². The van der Waals surface area contributed by atoms with Gasteiger partial charge in [-0.05, 0) is 18.6 Å². The fourth-order valence-corrected chi connectivity index (χ4v) is 1.91. The van der Waals surface area contributed by atoms with Gasteiger partial charge >= 0.3 is 0 Å². The molecule has 2 rings (SSSR count). The minimum absolute atomic E-state index is 0.204. The predicted molar refractivity (Wildman–Crippen MR) is 71.2 cm³/mol. The number of hydrogen-bond donors (Lipinski definition) is 3. The first-order chi connectivity index (χ1) is 9.18. The molecule has 2 amide bonds. The number of anilines is 1. The molecule has 0 atom stereocenters. The van der Waals surface area contributed by atoms with Gasteiger partial charge in [-0.3, -0.25) is 9.59 Å².